The number of hydrogen-bond acceptors (Lipinski definition) is 4. The van der Waals surface area contributed by atoms with Gasteiger partial charge >= 0.3 is 0 Å². The molecule has 0 aromatic heterocycles. The molecule has 0 radical (unpaired) electrons. The van der Waals surface area contributed by atoms with Gasteiger partial charge in [0.2, 0.25) is 0 Å². The van der Waals surface area contributed by atoms with Crippen molar-refractivity contribution in [3.63, 3.8) is 0 Å². The van der Waals surface area contributed by atoms with Crippen LogP contribution in [0, 0.1) is 0 Å². The lowest BCUT2D eigenvalue weighted by Crippen LogP contribution is -1.90. The van der Waals surface area contributed by atoms with Crippen LogP contribution in [0.1, 0.15) is 20.7 Å². The Morgan fingerprint density at radius 3 is 1.50 bits per heavy atom. The van der Waals surface area contributed by atoms with Crippen LogP contribution >= 0.6 is 0 Å². The summed E-state index contributed by atoms with van der Waals surface area (Å²) in [6, 6.07) is 21.6. The minimum absolute atomic E-state index is 0.0617. The van der Waals surface area contributed by atoms with Crippen molar-refractivity contribution in [1.29, 1.82) is 0 Å². The maximum Gasteiger partial charge on any atom is 0.153 e. The number of phenols is 2. The third-order valence-corrected chi connectivity index (χ3v) is 4.84. The molecule has 0 aliphatic heterocycles. The highest BCUT2D eigenvalue weighted by molar-refractivity contribution is 6.07. The van der Waals surface area contributed by atoms with Gasteiger partial charge in [0.25, 0.3) is 0 Å². The average Bonchev–Trinajstić information content (AvgIpc) is 2.73. The molecule has 0 aliphatic carbocycles. The highest BCUT2D eigenvalue weighted by Crippen LogP contribution is 2.38. The number of hydrogen-bond donors (Lipinski definition) is 2. The molecule has 0 bridgehead atoms. The summed E-state index contributed by atoms with van der Waals surface area (Å²) >= 11 is 0. The van der Waals surface area contributed by atoms with Gasteiger partial charge < -0.3 is 10.2 Å². The summed E-state index contributed by atoms with van der Waals surface area (Å²) in [5, 5.41) is 21.6. The molecule has 0 fully saturated rings. The van der Waals surface area contributed by atoms with Crippen LogP contribution in [0.2, 0.25) is 0 Å². The van der Waals surface area contributed by atoms with Crippen LogP contribution in [-0.4, -0.2) is 22.8 Å². The van der Waals surface area contributed by atoms with Gasteiger partial charge in [-0.15, -0.1) is 0 Å². The van der Waals surface area contributed by atoms with Crippen LogP contribution in [0.5, 0.6) is 11.5 Å². The minimum Gasteiger partial charge on any atom is -0.507 e. The zero-order chi connectivity index (χ0) is 19.7. The number of fused-ring (bicyclic) bond motifs is 1. The predicted molar refractivity (Wildman–Crippen MR) is 109 cm³/mol. The second kappa shape index (κ2) is 7.00. The van der Waals surface area contributed by atoms with E-state index in [1.54, 1.807) is 24.3 Å². The Labute approximate surface area is 161 Å². The molecule has 0 amide bonds. The second-order valence-corrected chi connectivity index (χ2v) is 6.49. The molecule has 0 unspecified atom stereocenters. The molecule has 0 saturated heterocycles. The van der Waals surface area contributed by atoms with Gasteiger partial charge in [-0.1, -0.05) is 48.5 Å². The summed E-state index contributed by atoms with van der Waals surface area (Å²) in [5.41, 5.74) is 3.84. The topological polar surface area (TPSA) is 74.6 Å². The van der Waals surface area contributed by atoms with Crippen LogP contribution in [0.3, 0.4) is 0 Å². The number of carbonyl (C=O) groups is 2. The molecular formula is C24H16O4. The van der Waals surface area contributed by atoms with Gasteiger partial charge in [0.05, 0.1) is 11.1 Å². The van der Waals surface area contributed by atoms with E-state index in [1.807, 2.05) is 36.4 Å². The van der Waals surface area contributed by atoms with Gasteiger partial charge in [0.1, 0.15) is 11.5 Å². The second-order valence-electron chi connectivity index (χ2n) is 6.49. The molecular weight excluding hydrogens is 352 g/mol. The lowest BCUT2D eigenvalue weighted by atomic mass is 9.90. The summed E-state index contributed by atoms with van der Waals surface area (Å²) < 4.78 is 0. The maximum atomic E-state index is 11.2. The summed E-state index contributed by atoms with van der Waals surface area (Å²) in [4.78, 5) is 22.5. The summed E-state index contributed by atoms with van der Waals surface area (Å²) in [5.74, 6) is -0.123. The third-order valence-electron chi connectivity index (χ3n) is 4.84. The normalized spacial score (nSPS) is 10.7. The Morgan fingerprint density at radius 1 is 0.607 bits per heavy atom. The highest BCUT2D eigenvalue weighted by atomic mass is 16.3. The van der Waals surface area contributed by atoms with E-state index < -0.39 is 0 Å². The van der Waals surface area contributed by atoms with Crippen molar-refractivity contribution in [2.45, 2.75) is 0 Å². The van der Waals surface area contributed by atoms with Crippen molar-refractivity contribution < 1.29 is 19.8 Å². The average molecular weight is 368 g/mol. The smallest absolute Gasteiger partial charge is 0.153 e. The molecule has 4 heteroatoms. The number of aldehydes is 2. The Bertz CT molecular complexity index is 1130. The SMILES string of the molecule is O=Cc1cc(-c2cccc3cccc(-c4ccc(O)c(C=O)c4)c23)ccc1O. The van der Waals surface area contributed by atoms with E-state index in [4.69, 9.17) is 0 Å². The Balaban J connectivity index is 2.02. The molecule has 0 aliphatic rings. The van der Waals surface area contributed by atoms with Crippen LogP contribution in [-0.2, 0) is 0 Å². The van der Waals surface area contributed by atoms with Crippen molar-refractivity contribution >= 4 is 23.3 Å². The van der Waals surface area contributed by atoms with Gasteiger partial charge in [-0.2, -0.15) is 0 Å². The molecule has 4 aromatic rings. The summed E-state index contributed by atoms with van der Waals surface area (Å²) in [7, 11) is 0. The van der Waals surface area contributed by atoms with Gasteiger partial charge in [-0.3, -0.25) is 9.59 Å². The molecule has 0 saturated carbocycles. The van der Waals surface area contributed by atoms with Crippen LogP contribution in [0.25, 0.3) is 33.0 Å². The van der Waals surface area contributed by atoms with Crippen molar-refractivity contribution in [2.24, 2.45) is 0 Å². The zero-order valence-electron chi connectivity index (χ0n) is 14.8. The van der Waals surface area contributed by atoms with E-state index in [1.165, 1.54) is 12.1 Å². The van der Waals surface area contributed by atoms with Crippen molar-refractivity contribution in [2.75, 3.05) is 0 Å². The first kappa shape index (κ1) is 17.5. The van der Waals surface area contributed by atoms with E-state index in [9.17, 15) is 19.8 Å². The summed E-state index contributed by atoms with van der Waals surface area (Å²) in [6.07, 6.45) is 1.25. The number of aromatic hydroxyl groups is 2. The van der Waals surface area contributed by atoms with Gasteiger partial charge in [0, 0.05) is 0 Å². The van der Waals surface area contributed by atoms with Gasteiger partial charge in [0.15, 0.2) is 12.6 Å². The fourth-order valence-electron chi connectivity index (χ4n) is 3.46. The maximum absolute atomic E-state index is 11.2. The summed E-state index contributed by atoms with van der Waals surface area (Å²) in [6.45, 7) is 0. The molecule has 2 N–H and O–H groups in total. The predicted octanol–water partition coefficient (Wildman–Crippen LogP) is 5.21. The molecule has 0 heterocycles. The largest absolute Gasteiger partial charge is 0.507 e. The molecule has 136 valence electrons. The molecule has 4 aromatic carbocycles. The van der Waals surface area contributed by atoms with E-state index in [2.05, 4.69) is 0 Å². The van der Waals surface area contributed by atoms with E-state index in [0.29, 0.717) is 12.6 Å². The van der Waals surface area contributed by atoms with E-state index >= 15 is 0 Å². The molecule has 0 spiro atoms. The fraction of sp³-hybridized carbons (Fsp3) is 0. The van der Waals surface area contributed by atoms with Crippen molar-refractivity contribution in [3.05, 3.63) is 83.9 Å². The van der Waals surface area contributed by atoms with Gasteiger partial charge in [-0.25, -0.2) is 0 Å². The van der Waals surface area contributed by atoms with E-state index in [-0.39, 0.29) is 22.6 Å². The number of rotatable bonds is 4. The lowest BCUT2D eigenvalue weighted by molar-refractivity contribution is 0.111. The molecule has 0 atom stereocenters. The van der Waals surface area contributed by atoms with Gasteiger partial charge in [-0.05, 0) is 57.3 Å². The number of benzene rings is 4. The quantitative estimate of drug-likeness (QED) is 0.485. The van der Waals surface area contributed by atoms with Crippen molar-refractivity contribution in [1.82, 2.24) is 0 Å². The molecule has 4 rings (SSSR count). The standard InChI is InChI=1S/C24H16O4/c25-13-18-11-16(7-9-22(18)27)20-5-1-3-15-4-2-6-21(24(15)20)17-8-10-23(28)19(12-17)14-26/h1-14,27-28H. The van der Waals surface area contributed by atoms with Crippen LogP contribution < -0.4 is 0 Å². The van der Waals surface area contributed by atoms with Crippen LogP contribution in [0.4, 0.5) is 0 Å². The lowest BCUT2D eigenvalue weighted by Gasteiger charge is -2.14. The minimum atomic E-state index is -0.0617. The molecule has 4 nitrogen and oxygen atoms in total. The highest BCUT2D eigenvalue weighted by Gasteiger charge is 2.13. The third kappa shape index (κ3) is 2.91. The zero-order valence-corrected chi connectivity index (χ0v) is 14.8. The van der Waals surface area contributed by atoms with Crippen molar-refractivity contribution in [3.8, 4) is 33.8 Å². The van der Waals surface area contributed by atoms with Crippen LogP contribution in [0.15, 0.2) is 72.8 Å². The first-order chi connectivity index (χ1) is 13.6. The first-order valence-corrected chi connectivity index (χ1v) is 8.71. The molecule has 28 heavy (non-hydrogen) atoms. The number of carbonyl (C=O) groups excluding carboxylic acids is 2. The Kier molecular flexibility index (Phi) is 4.38. The van der Waals surface area contributed by atoms with E-state index in [0.717, 1.165) is 33.0 Å². The fourth-order valence-corrected chi connectivity index (χ4v) is 3.46. The Hall–Kier alpha value is -3.92. The number of phenolic OH excluding ortho intramolecular Hbond substituents is 2. The Morgan fingerprint density at radius 2 is 1.07 bits per heavy atom. The first-order valence-electron chi connectivity index (χ1n) is 8.71. The monoisotopic (exact) mass is 368 g/mol.